The number of rotatable bonds is 4. The van der Waals surface area contributed by atoms with Crippen molar-refractivity contribution in [2.24, 2.45) is 0 Å². The Hall–Kier alpha value is -3.10. The second-order valence-electron chi connectivity index (χ2n) is 7.30. The quantitative estimate of drug-likeness (QED) is 0.700. The first-order valence-electron chi connectivity index (χ1n) is 9.78. The predicted octanol–water partition coefficient (Wildman–Crippen LogP) is 3.15. The van der Waals surface area contributed by atoms with E-state index >= 15 is 0 Å². The van der Waals surface area contributed by atoms with Crippen LogP contribution in [0.25, 0.3) is 10.6 Å². The van der Waals surface area contributed by atoms with Gasteiger partial charge in [-0.2, -0.15) is 0 Å². The van der Waals surface area contributed by atoms with Crippen LogP contribution in [0.2, 0.25) is 0 Å². The Morgan fingerprint density at radius 2 is 1.80 bits per heavy atom. The van der Waals surface area contributed by atoms with Gasteiger partial charge in [0, 0.05) is 55.4 Å². The molecule has 30 heavy (non-hydrogen) atoms. The van der Waals surface area contributed by atoms with Gasteiger partial charge in [-0.15, -0.1) is 11.3 Å². The van der Waals surface area contributed by atoms with E-state index in [4.69, 9.17) is 0 Å². The van der Waals surface area contributed by atoms with Crippen LogP contribution < -0.4 is 5.32 Å². The molecule has 1 aliphatic heterocycles. The first kappa shape index (κ1) is 20.2. The highest BCUT2D eigenvalue weighted by atomic mass is 32.1. The smallest absolute Gasteiger partial charge is 0.267 e. The Morgan fingerprint density at radius 1 is 1.07 bits per heavy atom. The third-order valence-corrected chi connectivity index (χ3v) is 6.30. The summed E-state index contributed by atoms with van der Waals surface area (Å²) in [6.07, 6.45) is 3.44. The van der Waals surface area contributed by atoms with Crippen LogP contribution in [-0.2, 0) is 0 Å². The summed E-state index contributed by atoms with van der Waals surface area (Å²) >= 11 is 1.34. The second kappa shape index (κ2) is 8.73. The normalized spacial score (nSPS) is 14.5. The van der Waals surface area contributed by atoms with Crippen molar-refractivity contribution in [2.75, 3.05) is 38.5 Å². The van der Waals surface area contributed by atoms with Crippen LogP contribution in [-0.4, -0.2) is 64.8 Å². The van der Waals surface area contributed by atoms with Gasteiger partial charge in [0.15, 0.2) is 0 Å². The highest BCUT2D eigenvalue weighted by Gasteiger charge is 2.21. The van der Waals surface area contributed by atoms with E-state index in [0.29, 0.717) is 21.8 Å². The zero-order valence-electron chi connectivity index (χ0n) is 17.0. The highest BCUT2D eigenvalue weighted by Crippen LogP contribution is 2.28. The largest absolute Gasteiger partial charge is 0.336 e. The van der Waals surface area contributed by atoms with Gasteiger partial charge in [-0.05, 0) is 50.4 Å². The van der Waals surface area contributed by atoms with E-state index in [-0.39, 0.29) is 11.8 Å². The Balaban J connectivity index is 1.43. The third kappa shape index (κ3) is 4.39. The summed E-state index contributed by atoms with van der Waals surface area (Å²) in [5.74, 6) is -0.182. The van der Waals surface area contributed by atoms with Crippen molar-refractivity contribution >= 4 is 28.8 Å². The fraction of sp³-hybridized carbons (Fsp3) is 0.273. The molecule has 1 saturated heterocycles. The summed E-state index contributed by atoms with van der Waals surface area (Å²) in [6.45, 7) is 5.06. The molecule has 0 atom stereocenters. The number of anilines is 1. The summed E-state index contributed by atoms with van der Waals surface area (Å²) in [7, 11) is 2.06. The number of benzene rings is 1. The zero-order valence-corrected chi connectivity index (χ0v) is 17.8. The van der Waals surface area contributed by atoms with Crippen molar-refractivity contribution in [1.82, 2.24) is 19.8 Å². The van der Waals surface area contributed by atoms with Crippen molar-refractivity contribution < 1.29 is 9.59 Å². The minimum atomic E-state index is -0.210. The Bertz CT molecular complexity index is 1040. The van der Waals surface area contributed by atoms with Gasteiger partial charge in [0.05, 0.1) is 5.69 Å². The molecule has 2 amide bonds. The topological polar surface area (TPSA) is 78.4 Å². The summed E-state index contributed by atoms with van der Waals surface area (Å²) in [6, 6.07) is 10.8. The summed E-state index contributed by atoms with van der Waals surface area (Å²) in [5.41, 5.74) is 2.84. The molecule has 1 aromatic carbocycles. The van der Waals surface area contributed by atoms with Crippen LogP contribution in [0.15, 0.2) is 48.8 Å². The number of pyridine rings is 1. The fourth-order valence-corrected chi connectivity index (χ4v) is 4.25. The number of likely N-dealkylation sites (N-methyl/N-ethyl adjacent to an activating group) is 1. The highest BCUT2D eigenvalue weighted by molar-refractivity contribution is 7.17. The number of carbonyl (C=O) groups excluding carboxylic acids is 2. The number of thiazole rings is 1. The molecule has 0 spiro atoms. The van der Waals surface area contributed by atoms with Gasteiger partial charge in [-0.3, -0.25) is 14.6 Å². The maximum Gasteiger partial charge on any atom is 0.267 e. The van der Waals surface area contributed by atoms with Gasteiger partial charge in [-0.25, -0.2) is 4.98 Å². The standard InChI is InChI=1S/C22H23N5O2S/c1-15-19(30-21(24-15)17-4-3-9-23-14-17)20(28)25-18-7-5-16(6-8-18)22(29)27-12-10-26(2)11-13-27/h3-9,14H,10-13H2,1-2H3,(H,25,28). The molecule has 1 aliphatic rings. The molecule has 8 heteroatoms. The van der Waals surface area contributed by atoms with E-state index in [1.807, 2.05) is 24.0 Å². The van der Waals surface area contributed by atoms with E-state index in [9.17, 15) is 9.59 Å². The lowest BCUT2D eigenvalue weighted by Gasteiger charge is -2.32. The molecular weight excluding hydrogens is 398 g/mol. The van der Waals surface area contributed by atoms with Crippen LogP contribution >= 0.6 is 11.3 Å². The molecule has 2 aromatic heterocycles. The molecule has 3 aromatic rings. The zero-order chi connectivity index (χ0) is 21.1. The molecule has 0 saturated carbocycles. The predicted molar refractivity (Wildman–Crippen MR) is 118 cm³/mol. The first-order chi connectivity index (χ1) is 14.5. The minimum Gasteiger partial charge on any atom is -0.336 e. The van der Waals surface area contributed by atoms with Crippen LogP contribution in [0.5, 0.6) is 0 Å². The lowest BCUT2D eigenvalue weighted by molar-refractivity contribution is 0.0664. The number of piperazine rings is 1. The summed E-state index contributed by atoms with van der Waals surface area (Å²) in [5, 5.41) is 3.66. The Labute approximate surface area is 179 Å². The molecule has 1 N–H and O–H groups in total. The molecule has 0 unspecified atom stereocenters. The van der Waals surface area contributed by atoms with Gasteiger partial charge in [0.25, 0.3) is 11.8 Å². The molecule has 0 radical (unpaired) electrons. The van der Waals surface area contributed by atoms with Gasteiger partial charge in [0.2, 0.25) is 0 Å². The monoisotopic (exact) mass is 421 g/mol. The summed E-state index contributed by atoms with van der Waals surface area (Å²) < 4.78 is 0. The number of nitrogens with zero attached hydrogens (tertiary/aromatic N) is 4. The minimum absolute atomic E-state index is 0.0281. The molecule has 0 bridgehead atoms. The van der Waals surface area contributed by atoms with E-state index < -0.39 is 0 Å². The van der Waals surface area contributed by atoms with Gasteiger partial charge >= 0.3 is 0 Å². The van der Waals surface area contributed by atoms with E-state index in [2.05, 4.69) is 27.2 Å². The number of carbonyl (C=O) groups is 2. The van der Waals surface area contributed by atoms with Gasteiger partial charge in [0.1, 0.15) is 9.88 Å². The number of aryl methyl sites for hydroxylation is 1. The van der Waals surface area contributed by atoms with Crippen molar-refractivity contribution in [3.8, 4) is 10.6 Å². The molecule has 3 heterocycles. The fourth-order valence-electron chi connectivity index (χ4n) is 3.30. The molecule has 0 aliphatic carbocycles. The lowest BCUT2D eigenvalue weighted by Crippen LogP contribution is -2.47. The molecule has 7 nitrogen and oxygen atoms in total. The number of amides is 2. The summed E-state index contributed by atoms with van der Waals surface area (Å²) in [4.78, 5) is 38.6. The Morgan fingerprint density at radius 3 is 2.47 bits per heavy atom. The SMILES string of the molecule is Cc1nc(-c2cccnc2)sc1C(=O)Nc1ccc(C(=O)N2CCN(C)CC2)cc1. The number of aromatic nitrogens is 2. The third-order valence-electron chi connectivity index (χ3n) is 5.09. The molecular formula is C22H23N5O2S. The van der Waals surface area contributed by atoms with Crippen LogP contribution in [0, 0.1) is 6.92 Å². The number of hydrogen-bond donors (Lipinski definition) is 1. The molecule has 4 rings (SSSR count). The van der Waals surface area contributed by atoms with Crippen molar-refractivity contribution in [3.05, 3.63) is 64.9 Å². The second-order valence-corrected chi connectivity index (χ2v) is 8.30. The average Bonchev–Trinajstić information content (AvgIpc) is 3.17. The van der Waals surface area contributed by atoms with Gasteiger partial charge in [-0.1, -0.05) is 0 Å². The van der Waals surface area contributed by atoms with Crippen molar-refractivity contribution in [2.45, 2.75) is 6.92 Å². The number of nitrogens with one attached hydrogen (secondary N) is 1. The molecule has 154 valence electrons. The maximum absolute atomic E-state index is 12.7. The van der Waals surface area contributed by atoms with E-state index in [1.165, 1.54) is 11.3 Å². The van der Waals surface area contributed by atoms with Gasteiger partial charge < -0.3 is 15.1 Å². The maximum atomic E-state index is 12.7. The van der Waals surface area contributed by atoms with Crippen molar-refractivity contribution in [1.29, 1.82) is 0 Å². The Kier molecular flexibility index (Phi) is 5.87. The van der Waals surface area contributed by atoms with E-state index in [1.54, 1.807) is 36.7 Å². The lowest BCUT2D eigenvalue weighted by atomic mass is 10.1. The van der Waals surface area contributed by atoms with Crippen molar-refractivity contribution in [3.63, 3.8) is 0 Å². The van der Waals surface area contributed by atoms with Crippen LogP contribution in [0.1, 0.15) is 25.7 Å². The van der Waals surface area contributed by atoms with Crippen LogP contribution in [0.3, 0.4) is 0 Å². The number of hydrogen-bond acceptors (Lipinski definition) is 6. The average molecular weight is 422 g/mol. The van der Waals surface area contributed by atoms with E-state index in [0.717, 1.165) is 36.8 Å². The van der Waals surface area contributed by atoms with Crippen LogP contribution in [0.4, 0.5) is 5.69 Å². The first-order valence-corrected chi connectivity index (χ1v) is 10.6. The molecule has 1 fully saturated rings.